The summed E-state index contributed by atoms with van der Waals surface area (Å²) in [4.78, 5) is 24.6. The number of hydrogen-bond donors (Lipinski definition) is 1. The SMILES string of the molecule is COC(=O)CCS(=O)(=O)c1ccc(C2CC2c2ccc(OCC(C(=O)C3CC3)=C(N)c3c(Cl)cccc3Cl)cc2Cl)cc1. The lowest BCUT2D eigenvalue weighted by Crippen LogP contribution is -2.18. The molecule has 0 spiro atoms. The van der Waals surface area contributed by atoms with Crippen molar-refractivity contribution in [1.82, 2.24) is 0 Å². The summed E-state index contributed by atoms with van der Waals surface area (Å²) in [5, 5.41) is 1.24. The van der Waals surface area contributed by atoms with Crippen molar-refractivity contribution in [2.45, 2.75) is 42.4 Å². The smallest absolute Gasteiger partial charge is 0.306 e. The highest BCUT2D eigenvalue weighted by Crippen LogP contribution is 2.56. The average molecular weight is 663 g/mol. The van der Waals surface area contributed by atoms with E-state index in [1.54, 1.807) is 36.4 Å². The van der Waals surface area contributed by atoms with E-state index in [1.807, 2.05) is 24.3 Å². The number of nitrogens with two attached hydrogens (primary N) is 1. The normalized spacial score (nSPS) is 18.5. The topological polar surface area (TPSA) is 113 Å². The molecule has 0 aromatic heterocycles. The summed E-state index contributed by atoms with van der Waals surface area (Å²) < 4.78 is 35.6. The lowest BCUT2D eigenvalue weighted by atomic mass is 10.0. The van der Waals surface area contributed by atoms with Crippen LogP contribution >= 0.6 is 34.8 Å². The standard InChI is InChI=1S/C32H30Cl3NO6S/c1-41-29(37)13-14-43(39,40)21-10-7-18(8-11-21)23-16-24(23)22-12-9-20(15-28(22)35)42-17-25(32(38)19-5-6-19)31(36)30-26(33)3-2-4-27(30)34/h2-4,7-12,15,19,23-24H,5-6,13-14,16-17,36H2,1H3. The van der Waals surface area contributed by atoms with E-state index in [2.05, 4.69) is 4.74 Å². The van der Waals surface area contributed by atoms with Gasteiger partial charge in [-0.1, -0.05) is 59.1 Å². The van der Waals surface area contributed by atoms with Crippen LogP contribution in [0.5, 0.6) is 5.75 Å². The molecule has 2 saturated carbocycles. The van der Waals surface area contributed by atoms with Crippen LogP contribution in [0.1, 0.15) is 54.2 Å². The zero-order valence-corrected chi connectivity index (χ0v) is 26.4. The maximum Gasteiger partial charge on any atom is 0.306 e. The summed E-state index contributed by atoms with van der Waals surface area (Å²) >= 11 is 19.4. The third-order valence-electron chi connectivity index (χ3n) is 7.82. The molecule has 0 bridgehead atoms. The summed E-state index contributed by atoms with van der Waals surface area (Å²) in [7, 11) is -2.36. The lowest BCUT2D eigenvalue weighted by Gasteiger charge is -2.15. The molecule has 0 saturated heterocycles. The number of carbonyl (C=O) groups excluding carboxylic acids is 2. The van der Waals surface area contributed by atoms with E-state index in [-0.39, 0.29) is 52.9 Å². The molecule has 0 radical (unpaired) electrons. The average Bonchev–Trinajstić information content (AvgIpc) is 3.91. The number of esters is 1. The Morgan fingerprint density at radius 3 is 2.21 bits per heavy atom. The van der Waals surface area contributed by atoms with Crippen LogP contribution in [0.2, 0.25) is 15.1 Å². The van der Waals surface area contributed by atoms with E-state index < -0.39 is 15.8 Å². The van der Waals surface area contributed by atoms with Crippen LogP contribution in [0.4, 0.5) is 0 Å². The zero-order valence-electron chi connectivity index (χ0n) is 23.3. The summed E-state index contributed by atoms with van der Waals surface area (Å²) in [5.74, 6) is -0.156. The minimum Gasteiger partial charge on any atom is -0.489 e. The molecule has 3 aromatic carbocycles. The van der Waals surface area contributed by atoms with Crippen LogP contribution in [-0.2, 0) is 24.2 Å². The van der Waals surface area contributed by atoms with E-state index >= 15 is 0 Å². The van der Waals surface area contributed by atoms with Crippen molar-refractivity contribution < 1.29 is 27.5 Å². The minimum absolute atomic E-state index is 0.0562. The van der Waals surface area contributed by atoms with Gasteiger partial charge in [0.15, 0.2) is 15.6 Å². The van der Waals surface area contributed by atoms with E-state index in [9.17, 15) is 18.0 Å². The lowest BCUT2D eigenvalue weighted by molar-refractivity contribution is -0.140. The molecule has 11 heteroatoms. The summed E-state index contributed by atoms with van der Waals surface area (Å²) in [6.45, 7) is -0.0562. The van der Waals surface area contributed by atoms with E-state index in [0.717, 1.165) is 30.4 Å². The van der Waals surface area contributed by atoms with Crippen molar-refractivity contribution in [2.75, 3.05) is 19.5 Å². The Morgan fingerprint density at radius 2 is 1.60 bits per heavy atom. The van der Waals surface area contributed by atoms with Gasteiger partial charge >= 0.3 is 5.97 Å². The number of sulfone groups is 1. The Balaban J connectivity index is 1.26. The van der Waals surface area contributed by atoms with Gasteiger partial charge in [-0.15, -0.1) is 0 Å². The van der Waals surface area contributed by atoms with Crippen LogP contribution in [0.3, 0.4) is 0 Å². The fourth-order valence-electron chi connectivity index (χ4n) is 5.10. The van der Waals surface area contributed by atoms with Gasteiger partial charge in [-0.3, -0.25) is 9.59 Å². The number of Topliss-reactive ketones (excluding diaryl/α,β-unsaturated/α-hetero) is 1. The third-order valence-corrected chi connectivity index (χ3v) is 10.5. The zero-order chi connectivity index (χ0) is 30.9. The van der Waals surface area contributed by atoms with Crippen molar-refractivity contribution in [3.8, 4) is 5.75 Å². The van der Waals surface area contributed by atoms with Gasteiger partial charge in [0.1, 0.15) is 12.4 Å². The Kier molecular flexibility index (Phi) is 9.42. The van der Waals surface area contributed by atoms with Crippen LogP contribution < -0.4 is 10.5 Å². The highest BCUT2D eigenvalue weighted by atomic mass is 35.5. The van der Waals surface area contributed by atoms with Crippen LogP contribution in [0.15, 0.2) is 71.1 Å². The second-order valence-corrected chi connectivity index (χ2v) is 14.1. The summed E-state index contributed by atoms with van der Waals surface area (Å²) in [6, 6.07) is 17.3. The molecule has 3 aromatic rings. The second kappa shape index (κ2) is 12.9. The number of carbonyl (C=O) groups is 2. The Hall–Kier alpha value is -3.04. The van der Waals surface area contributed by atoms with Crippen molar-refractivity contribution in [3.05, 3.63) is 98.0 Å². The molecule has 2 atom stereocenters. The molecule has 0 amide bonds. The molecule has 7 nitrogen and oxygen atoms in total. The van der Waals surface area contributed by atoms with Crippen molar-refractivity contribution in [1.29, 1.82) is 0 Å². The second-order valence-electron chi connectivity index (χ2n) is 10.8. The highest BCUT2D eigenvalue weighted by molar-refractivity contribution is 7.91. The fraction of sp³-hybridized carbons (Fsp3) is 0.312. The number of halogens is 3. The van der Waals surface area contributed by atoms with Crippen LogP contribution in [0.25, 0.3) is 5.70 Å². The maximum absolute atomic E-state index is 13.1. The largest absolute Gasteiger partial charge is 0.489 e. The number of rotatable bonds is 12. The molecule has 2 fully saturated rings. The predicted molar refractivity (Wildman–Crippen MR) is 167 cm³/mol. The quantitative estimate of drug-likeness (QED) is 0.164. The van der Waals surface area contributed by atoms with Gasteiger partial charge in [0.2, 0.25) is 0 Å². The molecule has 226 valence electrons. The molecule has 43 heavy (non-hydrogen) atoms. The minimum atomic E-state index is -3.59. The van der Waals surface area contributed by atoms with Crippen molar-refractivity contribution in [3.63, 3.8) is 0 Å². The van der Waals surface area contributed by atoms with Crippen LogP contribution in [0, 0.1) is 5.92 Å². The first-order valence-corrected chi connectivity index (χ1v) is 16.6. The molecular weight excluding hydrogens is 633 g/mol. The summed E-state index contributed by atoms with van der Waals surface area (Å²) in [5.41, 5.74) is 9.36. The number of methoxy groups -OCH3 is 1. The van der Waals surface area contributed by atoms with Gasteiger partial charge in [0.25, 0.3) is 0 Å². The van der Waals surface area contributed by atoms with E-state index in [0.29, 0.717) is 32.0 Å². The van der Waals surface area contributed by atoms with Gasteiger partial charge in [-0.05, 0) is 78.6 Å². The molecule has 2 N–H and O–H groups in total. The Bertz CT molecular complexity index is 1680. The van der Waals surface area contributed by atoms with Gasteiger partial charge in [-0.2, -0.15) is 0 Å². The van der Waals surface area contributed by atoms with Gasteiger partial charge in [-0.25, -0.2) is 8.42 Å². The molecule has 0 heterocycles. The molecule has 2 aliphatic rings. The first-order valence-electron chi connectivity index (χ1n) is 13.8. The van der Waals surface area contributed by atoms with Crippen molar-refractivity contribution in [2.24, 2.45) is 11.7 Å². The molecule has 2 aliphatic carbocycles. The van der Waals surface area contributed by atoms with Gasteiger partial charge in [0.05, 0.1) is 45.5 Å². The Morgan fingerprint density at radius 1 is 0.930 bits per heavy atom. The van der Waals surface area contributed by atoms with Gasteiger partial charge < -0.3 is 15.2 Å². The van der Waals surface area contributed by atoms with E-state index in [1.165, 1.54) is 7.11 Å². The Labute approximate surface area is 265 Å². The van der Waals surface area contributed by atoms with Crippen LogP contribution in [-0.4, -0.2) is 39.6 Å². The number of hydrogen-bond acceptors (Lipinski definition) is 7. The molecule has 5 rings (SSSR count). The van der Waals surface area contributed by atoms with Crippen molar-refractivity contribution >= 4 is 62.1 Å². The fourth-order valence-corrected chi connectivity index (χ4v) is 7.23. The maximum atomic E-state index is 13.1. The first kappa shape index (κ1) is 31.4. The first-order chi connectivity index (χ1) is 20.5. The molecular formula is C32H30Cl3NO6S. The highest BCUT2D eigenvalue weighted by Gasteiger charge is 2.41. The number of benzene rings is 3. The molecule has 0 aliphatic heterocycles. The third kappa shape index (κ3) is 7.20. The predicted octanol–water partition coefficient (Wildman–Crippen LogP) is 6.98. The summed E-state index contributed by atoms with van der Waals surface area (Å²) in [6.07, 6.45) is 2.29. The monoisotopic (exact) mass is 661 g/mol. The molecule has 2 unspecified atom stereocenters. The number of ether oxygens (including phenoxy) is 2. The number of ketones is 1. The van der Waals surface area contributed by atoms with E-state index in [4.69, 9.17) is 45.3 Å². The van der Waals surface area contributed by atoms with Gasteiger partial charge in [0, 0.05) is 16.5 Å².